The molecule has 22 heavy (non-hydrogen) atoms. The SMILES string of the molecule is Clc1ccc(OCCSc2nncn2-c2ccccc2)cc1. The predicted octanol–water partition coefficient (Wildman–Crippen LogP) is 4.09. The van der Waals surface area contributed by atoms with E-state index in [-0.39, 0.29) is 0 Å². The number of nitrogens with zero attached hydrogens (tertiary/aromatic N) is 3. The molecule has 0 N–H and O–H groups in total. The highest BCUT2D eigenvalue weighted by molar-refractivity contribution is 7.99. The molecule has 0 aliphatic carbocycles. The van der Waals surface area contributed by atoms with Gasteiger partial charge in [0.05, 0.1) is 6.61 Å². The van der Waals surface area contributed by atoms with Crippen molar-refractivity contribution in [1.82, 2.24) is 14.8 Å². The molecule has 0 bridgehead atoms. The van der Waals surface area contributed by atoms with Crippen LogP contribution in [0.3, 0.4) is 0 Å². The van der Waals surface area contributed by atoms with Gasteiger partial charge in [0.15, 0.2) is 5.16 Å². The molecule has 0 saturated heterocycles. The molecular weight excluding hydrogens is 318 g/mol. The first-order chi connectivity index (χ1) is 10.8. The second kappa shape index (κ2) is 7.33. The van der Waals surface area contributed by atoms with Crippen molar-refractivity contribution in [2.75, 3.05) is 12.4 Å². The standard InChI is InChI=1S/C16H14ClN3OS/c17-13-6-8-15(9-7-13)21-10-11-22-16-19-18-12-20(16)14-4-2-1-3-5-14/h1-9,12H,10-11H2. The van der Waals surface area contributed by atoms with E-state index in [9.17, 15) is 0 Å². The van der Waals surface area contributed by atoms with Crippen LogP contribution in [-0.2, 0) is 0 Å². The smallest absolute Gasteiger partial charge is 0.195 e. The number of aromatic nitrogens is 3. The molecule has 0 aliphatic heterocycles. The summed E-state index contributed by atoms with van der Waals surface area (Å²) in [6.45, 7) is 0.591. The van der Waals surface area contributed by atoms with Crippen LogP contribution >= 0.6 is 23.4 Å². The lowest BCUT2D eigenvalue weighted by molar-refractivity contribution is 0.344. The maximum atomic E-state index is 5.84. The van der Waals surface area contributed by atoms with E-state index in [1.807, 2.05) is 59.2 Å². The first kappa shape index (κ1) is 14.9. The summed E-state index contributed by atoms with van der Waals surface area (Å²) in [5.74, 6) is 1.60. The number of rotatable bonds is 6. The van der Waals surface area contributed by atoms with Gasteiger partial charge in [-0.2, -0.15) is 0 Å². The zero-order valence-electron chi connectivity index (χ0n) is 11.7. The molecule has 1 aromatic heterocycles. The van der Waals surface area contributed by atoms with Gasteiger partial charge in [0.1, 0.15) is 12.1 Å². The molecular formula is C16H14ClN3OS. The van der Waals surface area contributed by atoms with E-state index in [4.69, 9.17) is 16.3 Å². The van der Waals surface area contributed by atoms with Crippen LogP contribution in [0.25, 0.3) is 5.69 Å². The van der Waals surface area contributed by atoms with Crippen molar-refractivity contribution in [3.63, 3.8) is 0 Å². The van der Waals surface area contributed by atoms with Crippen molar-refractivity contribution in [2.45, 2.75) is 5.16 Å². The highest BCUT2D eigenvalue weighted by atomic mass is 35.5. The number of thioether (sulfide) groups is 1. The van der Waals surface area contributed by atoms with Crippen LogP contribution in [0, 0.1) is 0 Å². The third-order valence-electron chi connectivity index (χ3n) is 2.95. The fourth-order valence-corrected chi connectivity index (χ4v) is 2.78. The molecule has 2 aromatic carbocycles. The predicted molar refractivity (Wildman–Crippen MR) is 89.0 cm³/mol. The number of hydrogen-bond acceptors (Lipinski definition) is 4. The molecule has 4 nitrogen and oxygen atoms in total. The lowest BCUT2D eigenvalue weighted by Gasteiger charge is -2.07. The normalized spacial score (nSPS) is 10.6. The average molecular weight is 332 g/mol. The van der Waals surface area contributed by atoms with Crippen molar-refractivity contribution in [3.05, 3.63) is 65.9 Å². The second-order valence-corrected chi connectivity index (χ2v) is 5.97. The lowest BCUT2D eigenvalue weighted by Crippen LogP contribution is -2.02. The Morgan fingerprint density at radius 3 is 2.59 bits per heavy atom. The molecule has 0 aliphatic rings. The summed E-state index contributed by atoms with van der Waals surface area (Å²) in [4.78, 5) is 0. The number of benzene rings is 2. The van der Waals surface area contributed by atoms with Crippen LogP contribution in [0.15, 0.2) is 66.1 Å². The Kier molecular flexibility index (Phi) is 4.98. The van der Waals surface area contributed by atoms with E-state index in [0.717, 1.165) is 22.3 Å². The molecule has 0 spiro atoms. The van der Waals surface area contributed by atoms with Crippen LogP contribution in [0.5, 0.6) is 5.75 Å². The fourth-order valence-electron chi connectivity index (χ4n) is 1.91. The minimum absolute atomic E-state index is 0.591. The van der Waals surface area contributed by atoms with Gasteiger partial charge >= 0.3 is 0 Å². The number of hydrogen-bond donors (Lipinski definition) is 0. The van der Waals surface area contributed by atoms with E-state index in [0.29, 0.717) is 11.6 Å². The average Bonchev–Trinajstić information content (AvgIpc) is 3.02. The van der Waals surface area contributed by atoms with Crippen molar-refractivity contribution in [3.8, 4) is 11.4 Å². The second-order valence-electron chi connectivity index (χ2n) is 4.47. The van der Waals surface area contributed by atoms with Crippen LogP contribution in [-0.4, -0.2) is 27.1 Å². The van der Waals surface area contributed by atoms with Gasteiger partial charge in [-0.25, -0.2) is 0 Å². The topological polar surface area (TPSA) is 39.9 Å². The van der Waals surface area contributed by atoms with Crippen LogP contribution in [0.1, 0.15) is 0 Å². The Morgan fingerprint density at radius 1 is 1.05 bits per heavy atom. The van der Waals surface area contributed by atoms with Gasteiger partial charge in [0, 0.05) is 16.5 Å². The number of halogens is 1. The van der Waals surface area contributed by atoms with Crippen molar-refractivity contribution in [1.29, 1.82) is 0 Å². The molecule has 0 saturated carbocycles. The quantitative estimate of drug-likeness (QED) is 0.504. The summed E-state index contributed by atoms with van der Waals surface area (Å²) in [5, 5.41) is 9.69. The van der Waals surface area contributed by atoms with Crippen molar-refractivity contribution >= 4 is 23.4 Å². The minimum Gasteiger partial charge on any atom is -0.493 e. The van der Waals surface area contributed by atoms with Gasteiger partial charge in [-0.1, -0.05) is 41.6 Å². The summed E-state index contributed by atoms with van der Waals surface area (Å²) in [6.07, 6.45) is 1.72. The van der Waals surface area contributed by atoms with Gasteiger partial charge in [0.25, 0.3) is 0 Å². The third kappa shape index (κ3) is 3.81. The van der Waals surface area contributed by atoms with Crippen LogP contribution in [0.2, 0.25) is 5.02 Å². The Labute approximate surface area is 138 Å². The van der Waals surface area contributed by atoms with Gasteiger partial charge in [-0.05, 0) is 36.4 Å². The molecule has 112 valence electrons. The Balaban J connectivity index is 1.54. The number of para-hydroxylation sites is 1. The van der Waals surface area contributed by atoms with Gasteiger partial charge < -0.3 is 4.74 Å². The Bertz CT molecular complexity index is 716. The van der Waals surface area contributed by atoms with Crippen LogP contribution in [0.4, 0.5) is 0 Å². The molecule has 0 amide bonds. The monoisotopic (exact) mass is 331 g/mol. The molecule has 1 heterocycles. The van der Waals surface area contributed by atoms with Gasteiger partial charge in [-0.15, -0.1) is 10.2 Å². The van der Waals surface area contributed by atoms with Crippen LogP contribution < -0.4 is 4.74 Å². The third-order valence-corrected chi connectivity index (χ3v) is 4.11. The fraction of sp³-hybridized carbons (Fsp3) is 0.125. The first-order valence-corrected chi connectivity index (χ1v) is 8.16. The molecule has 0 fully saturated rings. The Morgan fingerprint density at radius 2 is 1.82 bits per heavy atom. The number of ether oxygens (including phenoxy) is 1. The molecule has 3 aromatic rings. The largest absolute Gasteiger partial charge is 0.493 e. The van der Waals surface area contributed by atoms with Crippen molar-refractivity contribution < 1.29 is 4.74 Å². The van der Waals surface area contributed by atoms with E-state index in [1.54, 1.807) is 18.1 Å². The van der Waals surface area contributed by atoms with E-state index >= 15 is 0 Å². The summed E-state index contributed by atoms with van der Waals surface area (Å²) in [6, 6.07) is 17.4. The van der Waals surface area contributed by atoms with Gasteiger partial charge in [-0.3, -0.25) is 4.57 Å². The van der Waals surface area contributed by atoms with Gasteiger partial charge in [0.2, 0.25) is 0 Å². The van der Waals surface area contributed by atoms with E-state index < -0.39 is 0 Å². The molecule has 6 heteroatoms. The first-order valence-electron chi connectivity index (χ1n) is 6.79. The zero-order chi connectivity index (χ0) is 15.2. The minimum atomic E-state index is 0.591. The maximum Gasteiger partial charge on any atom is 0.195 e. The highest BCUT2D eigenvalue weighted by Crippen LogP contribution is 2.20. The lowest BCUT2D eigenvalue weighted by atomic mass is 10.3. The van der Waals surface area contributed by atoms with E-state index in [2.05, 4.69) is 10.2 Å². The highest BCUT2D eigenvalue weighted by Gasteiger charge is 2.06. The summed E-state index contributed by atoms with van der Waals surface area (Å²) in [5.41, 5.74) is 1.05. The summed E-state index contributed by atoms with van der Waals surface area (Å²) >= 11 is 7.45. The maximum absolute atomic E-state index is 5.84. The Hall–Kier alpha value is -1.98. The zero-order valence-corrected chi connectivity index (χ0v) is 13.3. The molecule has 3 rings (SSSR count). The van der Waals surface area contributed by atoms with E-state index in [1.165, 1.54) is 0 Å². The molecule has 0 unspecified atom stereocenters. The summed E-state index contributed by atoms with van der Waals surface area (Å²) in [7, 11) is 0. The summed E-state index contributed by atoms with van der Waals surface area (Å²) < 4.78 is 7.63. The van der Waals surface area contributed by atoms with Crippen molar-refractivity contribution in [2.24, 2.45) is 0 Å². The molecule has 0 radical (unpaired) electrons. The molecule has 0 atom stereocenters.